The SMILES string of the molecule is Cc1cc(Cl)ccc1-c1nc2ccccc2c(=O)[nH]1. The van der Waals surface area contributed by atoms with Crippen LogP contribution in [0.3, 0.4) is 0 Å². The van der Waals surface area contributed by atoms with Crippen LogP contribution < -0.4 is 5.56 Å². The van der Waals surface area contributed by atoms with Gasteiger partial charge in [-0.1, -0.05) is 23.7 Å². The van der Waals surface area contributed by atoms with E-state index < -0.39 is 0 Å². The molecule has 2 aromatic carbocycles. The minimum Gasteiger partial charge on any atom is -0.306 e. The van der Waals surface area contributed by atoms with Crippen molar-refractivity contribution >= 4 is 22.5 Å². The Morgan fingerprint density at radius 1 is 1.16 bits per heavy atom. The van der Waals surface area contributed by atoms with Crippen molar-refractivity contribution in [1.29, 1.82) is 0 Å². The topological polar surface area (TPSA) is 45.8 Å². The highest BCUT2D eigenvalue weighted by Crippen LogP contribution is 2.23. The molecule has 0 saturated carbocycles. The molecule has 4 heteroatoms. The quantitative estimate of drug-likeness (QED) is 0.735. The summed E-state index contributed by atoms with van der Waals surface area (Å²) in [5, 5.41) is 1.27. The summed E-state index contributed by atoms with van der Waals surface area (Å²) in [6.07, 6.45) is 0. The van der Waals surface area contributed by atoms with Gasteiger partial charge in [-0.05, 0) is 42.8 Å². The number of rotatable bonds is 1. The number of benzene rings is 2. The van der Waals surface area contributed by atoms with E-state index in [0.29, 0.717) is 21.7 Å². The van der Waals surface area contributed by atoms with Crippen LogP contribution >= 0.6 is 11.6 Å². The van der Waals surface area contributed by atoms with Crippen molar-refractivity contribution < 1.29 is 0 Å². The molecule has 0 unspecified atom stereocenters. The van der Waals surface area contributed by atoms with Crippen LogP contribution in [0.25, 0.3) is 22.3 Å². The molecule has 0 radical (unpaired) electrons. The first-order valence-electron chi connectivity index (χ1n) is 5.91. The maximum absolute atomic E-state index is 12.0. The lowest BCUT2D eigenvalue weighted by atomic mass is 10.1. The van der Waals surface area contributed by atoms with Gasteiger partial charge in [0.2, 0.25) is 0 Å². The highest BCUT2D eigenvalue weighted by atomic mass is 35.5. The summed E-state index contributed by atoms with van der Waals surface area (Å²) in [7, 11) is 0. The second-order valence-corrected chi connectivity index (χ2v) is 4.83. The van der Waals surface area contributed by atoms with E-state index in [1.54, 1.807) is 12.1 Å². The van der Waals surface area contributed by atoms with Gasteiger partial charge in [0, 0.05) is 10.6 Å². The maximum Gasteiger partial charge on any atom is 0.259 e. The Hall–Kier alpha value is -2.13. The van der Waals surface area contributed by atoms with Gasteiger partial charge in [0.15, 0.2) is 0 Å². The number of aromatic amines is 1. The van der Waals surface area contributed by atoms with Gasteiger partial charge in [-0.25, -0.2) is 4.98 Å². The summed E-state index contributed by atoms with van der Waals surface area (Å²) < 4.78 is 0. The molecule has 1 aromatic heterocycles. The molecule has 3 rings (SSSR count). The number of aryl methyl sites for hydroxylation is 1. The maximum atomic E-state index is 12.0. The van der Waals surface area contributed by atoms with Gasteiger partial charge in [-0.15, -0.1) is 0 Å². The molecule has 0 aliphatic carbocycles. The largest absolute Gasteiger partial charge is 0.306 e. The molecule has 0 spiro atoms. The number of aromatic nitrogens is 2. The lowest BCUT2D eigenvalue weighted by Crippen LogP contribution is -2.09. The first-order valence-corrected chi connectivity index (χ1v) is 6.28. The summed E-state index contributed by atoms with van der Waals surface area (Å²) in [5.74, 6) is 0.567. The Balaban J connectivity index is 2.28. The highest BCUT2D eigenvalue weighted by molar-refractivity contribution is 6.30. The van der Waals surface area contributed by atoms with Gasteiger partial charge < -0.3 is 4.98 Å². The fourth-order valence-electron chi connectivity index (χ4n) is 2.11. The molecule has 1 heterocycles. The predicted molar refractivity (Wildman–Crippen MR) is 77.5 cm³/mol. The van der Waals surface area contributed by atoms with E-state index in [0.717, 1.165) is 11.1 Å². The molecule has 0 fully saturated rings. The first kappa shape index (κ1) is 11.9. The van der Waals surface area contributed by atoms with Crippen LogP contribution in [0.4, 0.5) is 0 Å². The monoisotopic (exact) mass is 270 g/mol. The van der Waals surface area contributed by atoms with Crippen molar-refractivity contribution in [1.82, 2.24) is 9.97 Å². The van der Waals surface area contributed by atoms with Crippen LogP contribution in [0.15, 0.2) is 47.3 Å². The van der Waals surface area contributed by atoms with E-state index in [-0.39, 0.29) is 5.56 Å². The van der Waals surface area contributed by atoms with E-state index in [9.17, 15) is 4.79 Å². The lowest BCUT2D eigenvalue weighted by Gasteiger charge is -2.06. The fourth-order valence-corrected chi connectivity index (χ4v) is 2.33. The molecule has 3 aromatic rings. The van der Waals surface area contributed by atoms with Crippen molar-refractivity contribution in [3.05, 3.63) is 63.4 Å². The minimum absolute atomic E-state index is 0.130. The smallest absolute Gasteiger partial charge is 0.259 e. The Kier molecular flexibility index (Phi) is 2.84. The Bertz CT molecular complexity index is 824. The van der Waals surface area contributed by atoms with Crippen LogP contribution in [0.1, 0.15) is 5.56 Å². The molecule has 0 aliphatic heterocycles. The zero-order chi connectivity index (χ0) is 13.4. The molecule has 0 atom stereocenters. The van der Waals surface area contributed by atoms with E-state index in [2.05, 4.69) is 9.97 Å². The number of H-pyrrole nitrogens is 1. The number of halogens is 1. The number of nitrogens with one attached hydrogen (secondary N) is 1. The number of hydrogen-bond donors (Lipinski definition) is 1. The predicted octanol–water partition coefficient (Wildman–Crippen LogP) is 3.55. The molecule has 0 saturated heterocycles. The van der Waals surface area contributed by atoms with Crippen LogP contribution in [-0.4, -0.2) is 9.97 Å². The number of nitrogens with zero attached hydrogens (tertiary/aromatic N) is 1. The van der Waals surface area contributed by atoms with Crippen molar-refractivity contribution in [2.24, 2.45) is 0 Å². The Labute approximate surface area is 114 Å². The summed E-state index contributed by atoms with van der Waals surface area (Å²) >= 11 is 5.94. The minimum atomic E-state index is -0.130. The summed E-state index contributed by atoms with van der Waals surface area (Å²) in [5.41, 5.74) is 2.42. The Morgan fingerprint density at radius 2 is 1.95 bits per heavy atom. The van der Waals surface area contributed by atoms with Crippen LogP contribution in [0.2, 0.25) is 5.02 Å². The second kappa shape index (κ2) is 4.52. The molecular formula is C15H11ClN2O. The molecule has 1 N–H and O–H groups in total. The summed E-state index contributed by atoms with van der Waals surface area (Å²) in [6, 6.07) is 12.8. The van der Waals surface area contributed by atoms with Gasteiger partial charge in [0.1, 0.15) is 5.82 Å². The van der Waals surface area contributed by atoms with Gasteiger partial charge in [-0.3, -0.25) is 4.79 Å². The molecular weight excluding hydrogens is 260 g/mol. The van der Waals surface area contributed by atoms with Crippen LogP contribution in [0.5, 0.6) is 0 Å². The third-order valence-corrected chi connectivity index (χ3v) is 3.29. The van der Waals surface area contributed by atoms with E-state index in [4.69, 9.17) is 11.6 Å². The normalized spacial score (nSPS) is 10.8. The van der Waals surface area contributed by atoms with Gasteiger partial charge in [0.25, 0.3) is 5.56 Å². The fraction of sp³-hybridized carbons (Fsp3) is 0.0667. The summed E-state index contributed by atoms with van der Waals surface area (Å²) in [4.78, 5) is 19.3. The van der Waals surface area contributed by atoms with E-state index >= 15 is 0 Å². The molecule has 0 aliphatic rings. The zero-order valence-electron chi connectivity index (χ0n) is 10.3. The number of para-hydroxylation sites is 1. The summed E-state index contributed by atoms with van der Waals surface area (Å²) in [6.45, 7) is 1.94. The number of fused-ring (bicyclic) bond motifs is 1. The van der Waals surface area contributed by atoms with Crippen LogP contribution in [0, 0.1) is 6.92 Å². The molecule has 0 bridgehead atoms. The lowest BCUT2D eigenvalue weighted by molar-refractivity contribution is 1.17. The second-order valence-electron chi connectivity index (χ2n) is 4.39. The van der Waals surface area contributed by atoms with Crippen molar-refractivity contribution in [2.75, 3.05) is 0 Å². The van der Waals surface area contributed by atoms with Crippen molar-refractivity contribution in [2.45, 2.75) is 6.92 Å². The third kappa shape index (κ3) is 2.13. The first-order chi connectivity index (χ1) is 9.15. The zero-order valence-corrected chi connectivity index (χ0v) is 11.0. The van der Waals surface area contributed by atoms with Crippen molar-refractivity contribution in [3.8, 4) is 11.4 Å². The van der Waals surface area contributed by atoms with Gasteiger partial charge >= 0.3 is 0 Å². The third-order valence-electron chi connectivity index (χ3n) is 3.06. The van der Waals surface area contributed by atoms with E-state index in [1.165, 1.54) is 0 Å². The standard InChI is InChI=1S/C15H11ClN2O/c1-9-8-10(16)6-7-11(9)14-17-13-5-3-2-4-12(13)15(19)18-14/h2-8H,1H3,(H,17,18,19). The van der Waals surface area contributed by atoms with Crippen LogP contribution in [-0.2, 0) is 0 Å². The number of hydrogen-bond acceptors (Lipinski definition) is 2. The molecule has 0 amide bonds. The molecule has 94 valence electrons. The van der Waals surface area contributed by atoms with Gasteiger partial charge in [0.05, 0.1) is 10.9 Å². The highest BCUT2D eigenvalue weighted by Gasteiger charge is 2.08. The molecule has 3 nitrogen and oxygen atoms in total. The van der Waals surface area contributed by atoms with E-state index in [1.807, 2.05) is 37.3 Å². The average Bonchev–Trinajstić information content (AvgIpc) is 2.38. The average molecular weight is 271 g/mol. The Morgan fingerprint density at radius 3 is 2.74 bits per heavy atom. The van der Waals surface area contributed by atoms with Crippen molar-refractivity contribution in [3.63, 3.8) is 0 Å². The van der Waals surface area contributed by atoms with Gasteiger partial charge in [-0.2, -0.15) is 0 Å². The molecule has 19 heavy (non-hydrogen) atoms.